The van der Waals surface area contributed by atoms with E-state index in [1.807, 2.05) is 0 Å². The van der Waals surface area contributed by atoms with Crippen molar-refractivity contribution in [3.05, 3.63) is 59.7 Å². The zero-order chi connectivity index (χ0) is 46.0. The van der Waals surface area contributed by atoms with E-state index >= 15 is 0 Å². The molecule has 0 aliphatic carbocycles. The van der Waals surface area contributed by atoms with Crippen LogP contribution in [-0.4, -0.2) is 111 Å². The average Bonchev–Trinajstić information content (AvgIpc) is 3.60. The van der Waals surface area contributed by atoms with Crippen LogP contribution in [0.1, 0.15) is 91.3 Å². The van der Waals surface area contributed by atoms with Crippen LogP contribution < -0.4 is 35.9 Å². The van der Waals surface area contributed by atoms with Gasteiger partial charge in [0.05, 0.1) is 38.3 Å². The zero-order valence-electron chi connectivity index (χ0n) is 36.2. The number of fused-ring (bicyclic) bond motifs is 4. The number of nitrogens with zero attached hydrogens (tertiary/aromatic N) is 1. The van der Waals surface area contributed by atoms with E-state index < -0.39 is 99.3 Å². The molecule has 5 amide bonds. The molecule has 1 fully saturated rings. The predicted molar refractivity (Wildman–Crippen MR) is 226 cm³/mol. The lowest BCUT2D eigenvalue weighted by Gasteiger charge is -2.35. The molecule has 4 bridgehead atoms. The standard InChI is InChI=1S/C42H59N7O12S/c1-8-11-30(35(52)38(54)44-23-33(51)46-34(40(56)61-42(5,6)7)26-14-16-27(17-15-26)48-62(43,57)58)45-37(53)31-22-29-24-49(31)39(55)36(41(2,3)4)47-32(50)21-25-12-9-13-28(20-25)59-18-10-19-60-29/h9,12-17,20,29-31,34,36,48H,8,10-11,18-19,21-24H2,1-7H3,(H,44,54)(H,45,53)(H,46,51)(H,47,50)(H2,43,57,58)/t29?,30?,31-,34-,36+/m0/s1. The first-order chi connectivity index (χ1) is 28.9. The van der Waals surface area contributed by atoms with E-state index in [-0.39, 0.29) is 43.7 Å². The number of ether oxygens (including phenoxy) is 3. The van der Waals surface area contributed by atoms with Gasteiger partial charge in [0.25, 0.3) is 16.1 Å². The van der Waals surface area contributed by atoms with Crippen LogP contribution in [0, 0.1) is 5.41 Å². The Morgan fingerprint density at radius 2 is 1.68 bits per heavy atom. The number of amides is 5. The molecular formula is C42H59N7O12S. The molecule has 2 aromatic rings. The van der Waals surface area contributed by atoms with E-state index in [2.05, 4.69) is 26.0 Å². The van der Waals surface area contributed by atoms with Crippen LogP contribution in [0.15, 0.2) is 48.5 Å². The minimum Gasteiger partial charge on any atom is -0.493 e. The Morgan fingerprint density at radius 3 is 2.31 bits per heavy atom. The van der Waals surface area contributed by atoms with Crippen molar-refractivity contribution in [3.63, 3.8) is 0 Å². The second-order valence-corrected chi connectivity index (χ2v) is 18.6. The highest BCUT2D eigenvalue weighted by Crippen LogP contribution is 2.28. The van der Waals surface area contributed by atoms with Gasteiger partial charge in [-0.05, 0) is 68.0 Å². The SMILES string of the molecule is CCCC(NC(=O)[C@@H]1CC2CN1C(=O)[C@H](C(C)(C)C)NC(=O)Cc1cccc(c1)OCCCO2)C(=O)C(=O)NCC(=O)N[C@H](C(=O)OC(C)(C)C)c1ccc(NS(N)(=O)=O)cc1. The number of rotatable bonds is 13. The summed E-state index contributed by atoms with van der Waals surface area (Å²) in [4.78, 5) is 96.2. The van der Waals surface area contributed by atoms with Gasteiger partial charge in [-0.25, -0.2) is 9.93 Å². The molecule has 0 spiro atoms. The third-order valence-corrected chi connectivity index (χ3v) is 10.3. The molecule has 340 valence electrons. The summed E-state index contributed by atoms with van der Waals surface area (Å²) in [7, 11) is -4.08. The fraction of sp³-hybridized carbons (Fsp3) is 0.548. The molecule has 7 N–H and O–H groups in total. The highest BCUT2D eigenvalue weighted by molar-refractivity contribution is 7.90. The van der Waals surface area contributed by atoms with Gasteiger partial charge in [0.1, 0.15) is 23.4 Å². The number of Topliss-reactive ketones (excluding diaryl/α,β-unsaturated/α-hetero) is 1. The van der Waals surface area contributed by atoms with E-state index in [1.165, 1.54) is 29.2 Å². The number of anilines is 1. The Kier molecular flexibility index (Phi) is 16.6. The number of carbonyl (C=O) groups is 7. The van der Waals surface area contributed by atoms with Crippen molar-refractivity contribution < 1.29 is 56.2 Å². The molecule has 0 radical (unpaired) electrons. The van der Waals surface area contributed by atoms with Crippen LogP contribution in [0.25, 0.3) is 0 Å². The molecule has 62 heavy (non-hydrogen) atoms. The second-order valence-electron chi connectivity index (χ2n) is 17.3. The summed E-state index contributed by atoms with van der Waals surface area (Å²) in [5, 5.41) is 15.3. The quantitative estimate of drug-likeness (QED) is 0.123. The summed E-state index contributed by atoms with van der Waals surface area (Å²) in [6.07, 6.45) is 0.420. The zero-order valence-corrected chi connectivity index (χ0v) is 37.0. The van der Waals surface area contributed by atoms with Gasteiger partial charge in [0.2, 0.25) is 29.4 Å². The molecule has 2 aliphatic heterocycles. The first-order valence-electron chi connectivity index (χ1n) is 20.4. The van der Waals surface area contributed by atoms with Gasteiger partial charge in [-0.1, -0.05) is 58.4 Å². The van der Waals surface area contributed by atoms with Crippen molar-refractivity contribution >= 4 is 57.2 Å². The Hall–Kier alpha value is -5.60. The predicted octanol–water partition coefficient (Wildman–Crippen LogP) is 1.31. The maximum absolute atomic E-state index is 14.4. The number of hydrogen-bond donors (Lipinski definition) is 6. The fourth-order valence-corrected chi connectivity index (χ4v) is 7.32. The summed E-state index contributed by atoms with van der Waals surface area (Å²) in [5.41, 5.74) is -0.749. The Morgan fingerprint density at radius 1 is 0.984 bits per heavy atom. The normalized spacial score (nSPS) is 19.8. The molecule has 19 nitrogen and oxygen atoms in total. The molecule has 2 heterocycles. The number of hydrogen-bond acceptors (Lipinski definition) is 12. The summed E-state index contributed by atoms with van der Waals surface area (Å²) < 4.78 is 42.4. The van der Waals surface area contributed by atoms with Gasteiger partial charge in [-0.15, -0.1) is 0 Å². The second kappa shape index (κ2) is 21.0. The molecule has 0 aromatic heterocycles. The fourth-order valence-electron chi connectivity index (χ4n) is 6.86. The van der Waals surface area contributed by atoms with Crippen LogP contribution in [0.4, 0.5) is 5.69 Å². The maximum atomic E-state index is 14.4. The number of ketones is 1. The maximum Gasteiger partial charge on any atom is 0.333 e. The lowest BCUT2D eigenvalue weighted by molar-refractivity contribution is -0.158. The first kappa shape index (κ1) is 49.1. The molecule has 20 heteroatoms. The molecule has 2 aromatic carbocycles. The van der Waals surface area contributed by atoms with E-state index in [1.54, 1.807) is 72.7 Å². The van der Waals surface area contributed by atoms with E-state index in [4.69, 9.17) is 19.3 Å². The summed E-state index contributed by atoms with van der Waals surface area (Å²) >= 11 is 0. The van der Waals surface area contributed by atoms with Crippen molar-refractivity contribution in [2.24, 2.45) is 10.6 Å². The van der Waals surface area contributed by atoms with Crippen LogP contribution in [-0.2, 0) is 59.7 Å². The lowest BCUT2D eigenvalue weighted by atomic mass is 9.85. The largest absolute Gasteiger partial charge is 0.493 e. The molecule has 0 saturated carbocycles. The minimum absolute atomic E-state index is 0.0151. The number of benzene rings is 2. The van der Waals surface area contributed by atoms with E-state index in [0.717, 1.165) is 0 Å². The summed E-state index contributed by atoms with van der Waals surface area (Å²) in [5.74, 6) is -5.00. The van der Waals surface area contributed by atoms with Crippen molar-refractivity contribution in [1.82, 2.24) is 26.2 Å². The lowest BCUT2D eigenvalue weighted by Crippen LogP contribution is -2.59. The van der Waals surface area contributed by atoms with Crippen molar-refractivity contribution in [2.75, 3.05) is 31.0 Å². The Bertz CT molecular complexity index is 2080. The topological polar surface area (TPSA) is 271 Å². The Balaban J connectivity index is 1.47. The smallest absolute Gasteiger partial charge is 0.333 e. The molecule has 1 saturated heterocycles. The van der Waals surface area contributed by atoms with Gasteiger partial charge in [-0.2, -0.15) is 8.42 Å². The van der Waals surface area contributed by atoms with Crippen LogP contribution in [0.2, 0.25) is 0 Å². The summed E-state index contributed by atoms with van der Waals surface area (Å²) in [6, 6.07) is 7.59. The van der Waals surface area contributed by atoms with E-state index in [9.17, 15) is 42.0 Å². The molecule has 4 rings (SSSR count). The number of carbonyl (C=O) groups excluding carboxylic acids is 7. The van der Waals surface area contributed by atoms with Crippen LogP contribution in [0.3, 0.4) is 0 Å². The third-order valence-electron chi connectivity index (χ3n) is 9.74. The van der Waals surface area contributed by atoms with Crippen LogP contribution in [0.5, 0.6) is 5.75 Å². The molecule has 5 atom stereocenters. The average molecular weight is 886 g/mol. The van der Waals surface area contributed by atoms with Gasteiger partial charge in [0, 0.05) is 25.1 Å². The Labute approximate surface area is 362 Å². The first-order valence-corrected chi connectivity index (χ1v) is 22.0. The highest BCUT2D eigenvalue weighted by Gasteiger charge is 2.46. The molecular weight excluding hydrogens is 827 g/mol. The third kappa shape index (κ3) is 14.8. The number of esters is 1. The van der Waals surface area contributed by atoms with Gasteiger partial charge in [0.15, 0.2) is 6.04 Å². The number of nitrogens with two attached hydrogens (primary N) is 1. The molecule has 2 unspecified atom stereocenters. The van der Waals surface area contributed by atoms with Crippen molar-refractivity contribution in [3.8, 4) is 5.75 Å². The monoisotopic (exact) mass is 885 g/mol. The van der Waals surface area contributed by atoms with Gasteiger partial charge < -0.3 is 40.4 Å². The van der Waals surface area contributed by atoms with Gasteiger partial charge >= 0.3 is 5.97 Å². The highest BCUT2D eigenvalue weighted by atomic mass is 32.2. The van der Waals surface area contributed by atoms with Gasteiger partial charge in [-0.3, -0.25) is 33.5 Å². The van der Waals surface area contributed by atoms with Crippen molar-refractivity contribution in [2.45, 2.75) is 116 Å². The summed E-state index contributed by atoms with van der Waals surface area (Å²) in [6.45, 7) is 11.9. The van der Waals surface area contributed by atoms with Crippen LogP contribution >= 0.6 is 0 Å². The molecule has 2 aliphatic rings. The minimum atomic E-state index is -4.08. The van der Waals surface area contributed by atoms with E-state index in [0.29, 0.717) is 30.8 Å². The van der Waals surface area contributed by atoms with Crippen molar-refractivity contribution in [1.29, 1.82) is 0 Å². The number of nitrogens with one attached hydrogen (secondary N) is 5.